The zero-order valence-corrected chi connectivity index (χ0v) is 27.6. The van der Waals surface area contributed by atoms with E-state index in [1.165, 1.54) is 11.8 Å². The number of fused-ring (bicyclic) bond motifs is 2. The number of halogens is 1. The predicted octanol–water partition coefficient (Wildman–Crippen LogP) is 7.64. The maximum Gasteiger partial charge on any atom is 0.272 e. The highest BCUT2D eigenvalue weighted by Crippen LogP contribution is 2.33. The maximum atomic E-state index is 13.4. The Morgan fingerprint density at radius 1 is 0.694 bits per heavy atom. The molecule has 0 saturated carbocycles. The van der Waals surface area contributed by atoms with Crippen LogP contribution in [0.4, 0.5) is 11.4 Å². The van der Waals surface area contributed by atoms with Crippen LogP contribution in [-0.4, -0.2) is 34.5 Å². The summed E-state index contributed by atoms with van der Waals surface area (Å²) < 4.78 is 0. The van der Waals surface area contributed by atoms with E-state index in [0.29, 0.717) is 33.0 Å². The Hall–Kier alpha value is -5.77. The normalized spacial score (nSPS) is 12.7. The average Bonchev–Trinajstić information content (AvgIpc) is 3.12. The van der Waals surface area contributed by atoms with E-state index in [2.05, 4.69) is 16.0 Å². The molecule has 5 aromatic carbocycles. The number of amides is 3. The summed E-state index contributed by atoms with van der Waals surface area (Å²) >= 11 is 7.30. The highest BCUT2D eigenvalue weighted by Gasteiger charge is 2.32. The van der Waals surface area contributed by atoms with Gasteiger partial charge in [0.05, 0.1) is 16.5 Å². The topological polar surface area (TPSA) is 121 Å². The van der Waals surface area contributed by atoms with E-state index in [-0.39, 0.29) is 40.0 Å². The third kappa shape index (κ3) is 7.54. The molecule has 8 nitrogen and oxygen atoms in total. The molecule has 49 heavy (non-hydrogen) atoms. The molecule has 0 heterocycles. The highest BCUT2D eigenvalue weighted by atomic mass is 35.5. The van der Waals surface area contributed by atoms with Crippen molar-refractivity contribution < 1.29 is 24.0 Å². The van der Waals surface area contributed by atoms with Gasteiger partial charge in [0.2, 0.25) is 5.91 Å². The second-order valence-corrected chi connectivity index (χ2v) is 12.9. The summed E-state index contributed by atoms with van der Waals surface area (Å²) in [5.74, 6) is -1.89. The van der Waals surface area contributed by atoms with E-state index in [1.54, 1.807) is 134 Å². The molecule has 1 aliphatic carbocycles. The largest absolute Gasteiger partial charge is 0.324 e. The van der Waals surface area contributed by atoms with Gasteiger partial charge in [-0.25, -0.2) is 0 Å². The fourth-order valence-corrected chi connectivity index (χ4v) is 6.22. The molecule has 0 radical (unpaired) electrons. The van der Waals surface area contributed by atoms with Gasteiger partial charge in [0.25, 0.3) is 11.8 Å². The third-order valence-corrected chi connectivity index (χ3v) is 9.08. The van der Waals surface area contributed by atoms with Gasteiger partial charge in [-0.3, -0.25) is 24.0 Å². The lowest BCUT2D eigenvalue weighted by molar-refractivity contribution is -0.115. The quantitative estimate of drug-likeness (QED) is 0.106. The smallest absolute Gasteiger partial charge is 0.272 e. The lowest BCUT2D eigenvalue weighted by Crippen LogP contribution is -2.30. The molecule has 242 valence electrons. The van der Waals surface area contributed by atoms with Crippen molar-refractivity contribution in [2.75, 3.05) is 10.6 Å². The monoisotopic (exact) mass is 685 g/mol. The van der Waals surface area contributed by atoms with Gasteiger partial charge in [0.1, 0.15) is 5.70 Å². The van der Waals surface area contributed by atoms with Crippen LogP contribution in [0.3, 0.4) is 0 Å². The molecule has 0 spiro atoms. The van der Waals surface area contributed by atoms with Crippen LogP contribution in [0.2, 0.25) is 5.02 Å². The summed E-state index contributed by atoms with van der Waals surface area (Å²) in [4.78, 5) is 66.7. The van der Waals surface area contributed by atoms with Gasteiger partial charge in [-0.05, 0) is 73.2 Å². The van der Waals surface area contributed by atoms with Crippen LogP contribution in [0.15, 0.2) is 132 Å². The van der Waals surface area contributed by atoms with Crippen LogP contribution in [-0.2, 0) is 9.59 Å². The number of nitrogens with one attached hydrogen (secondary N) is 3. The Bertz CT molecular complexity index is 2130. The molecule has 3 amide bonds. The van der Waals surface area contributed by atoms with E-state index in [0.717, 1.165) is 4.90 Å². The van der Waals surface area contributed by atoms with Gasteiger partial charge >= 0.3 is 0 Å². The minimum Gasteiger partial charge on any atom is -0.324 e. The van der Waals surface area contributed by atoms with Crippen molar-refractivity contribution in [1.82, 2.24) is 5.32 Å². The van der Waals surface area contributed by atoms with E-state index < -0.39 is 17.1 Å². The van der Waals surface area contributed by atoms with Crippen molar-refractivity contribution in [3.05, 3.63) is 165 Å². The fraction of sp³-hybridized carbons (Fsp3) is 0.0513. The predicted molar refractivity (Wildman–Crippen MR) is 192 cm³/mol. The molecule has 1 unspecified atom stereocenters. The van der Waals surface area contributed by atoms with Gasteiger partial charge in [0.15, 0.2) is 11.6 Å². The number of carbonyl (C=O) groups is 5. The van der Waals surface area contributed by atoms with Crippen LogP contribution in [0.1, 0.15) is 54.7 Å². The Kier molecular flexibility index (Phi) is 9.84. The minimum atomic E-state index is -0.569. The van der Waals surface area contributed by atoms with Crippen LogP contribution in [0.5, 0.6) is 0 Å². The molecular weight excluding hydrogens is 658 g/mol. The molecule has 0 bridgehead atoms. The second kappa shape index (κ2) is 14.6. The van der Waals surface area contributed by atoms with E-state index >= 15 is 0 Å². The Morgan fingerprint density at radius 3 is 2.02 bits per heavy atom. The molecule has 1 aliphatic rings. The summed E-state index contributed by atoms with van der Waals surface area (Å²) in [6, 6.07) is 33.8. The van der Waals surface area contributed by atoms with Gasteiger partial charge < -0.3 is 16.0 Å². The van der Waals surface area contributed by atoms with Crippen molar-refractivity contribution in [1.29, 1.82) is 0 Å². The number of thioether (sulfide) groups is 1. The molecule has 0 saturated heterocycles. The lowest BCUT2D eigenvalue weighted by atomic mass is 9.83. The number of benzene rings is 5. The van der Waals surface area contributed by atoms with Gasteiger partial charge in [-0.1, -0.05) is 78.3 Å². The van der Waals surface area contributed by atoms with Gasteiger partial charge in [-0.15, -0.1) is 11.8 Å². The van der Waals surface area contributed by atoms with Crippen LogP contribution >= 0.6 is 23.4 Å². The summed E-state index contributed by atoms with van der Waals surface area (Å²) in [5.41, 5.74) is 2.94. The number of rotatable bonds is 9. The Morgan fingerprint density at radius 2 is 1.33 bits per heavy atom. The molecule has 0 fully saturated rings. The van der Waals surface area contributed by atoms with Crippen molar-refractivity contribution in [3.63, 3.8) is 0 Å². The number of hydrogen-bond donors (Lipinski definition) is 3. The Balaban J connectivity index is 1.12. The molecule has 0 aromatic heterocycles. The first-order valence-electron chi connectivity index (χ1n) is 15.2. The van der Waals surface area contributed by atoms with E-state index in [4.69, 9.17) is 11.6 Å². The lowest BCUT2D eigenvalue weighted by Gasteiger charge is -2.21. The molecule has 3 N–H and O–H groups in total. The molecule has 5 aromatic rings. The van der Waals surface area contributed by atoms with Gasteiger partial charge in [0, 0.05) is 37.9 Å². The van der Waals surface area contributed by atoms with Gasteiger partial charge in [-0.2, -0.15) is 0 Å². The second-order valence-electron chi connectivity index (χ2n) is 11.1. The van der Waals surface area contributed by atoms with Crippen molar-refractivity contribution in [3.8, 4) is 0 Å². The average molecular weight is 686 g/mol. The minimum absolute atomic E-state index is 0.0340. The van der Waals surface area contributed by atoms with Crippen LogP contribution < -0.4 is 16.0 Å². The summed E-state index contributed by atoms with van der Waals surface area (Å²) in [7, 11) is 0. The number of hydrogen-bond acceptors (Lipinski definition) is 6. The first-order valence-corrected chi connectivity index (χ1v) is 16.5. The molecule has 0 aliphatic heterocycles. The van der Waals surface area contributed by atoms with Crippen LogP contribution in [0.25, 0.3) is 6.08 Å². The Labute approximate surface area is 291 Å². The summed E-state index contributed by atoms with van der Waals surface area (Å²) in [6.07, 6.45) is 1.56. The number of ketones is 2. The number of carbonyl (C=O) groups excluding carboxylic acids is 5. The zero-order valence-electron chi connectivity index (χ0n) is 26.0. The molecular formula is C39H28ClN3O5S. The van der Waals surface area contributed by atoms with E-state index in [9.17, 15) is 24.0 Å². The van der Waals surface area contributed by atoms with Crippen molar-refractivity contribution in [2.45, 2.75) is 17.1 Å². The fourth-order valence-electron chi connectivity index (χ4n) is 5.22. The maximum absolute atomic E-state index is 13.4. The first-order chi connectivity index (χ1) is 23.7. The zero-order chi connectivity index (χ0) is 34.5. The molecule has 10 heteroatoms. The SMILES string of the molecule is CC(Sc1ccc(NC(=O)/C(=C/c2ccc(Cl)cc2)NC(=O)c2ccccc2)cc1)C(=O)Nc1cccc2c1C(=O)c1ccccc1C2=O. The molecule has 1 atom stereocenters. The summed E-state index contributed by atoms with van der Waals surface area (Å²) in [5, 5.41) is 8.32. The summed E-state index contributed by atoms with van der Waals surface area (Å²) in [6.45, 7) is 1.73. The number of anilines is 2. The third-order valence-electron chi connectivity index (χ3n) is 7.71. The van der Waals surface area contributed by atoms with Crippen molar-refractivity contribution >= 4 is 70.1 Å². The molecule has 6 rings (SSSR count). The van der Waals surface area contributed by atoms with Crippen molar-refractivity contribution in [2.24, 2.45) is 0 Å². The first kappa shape index (κ1) is 33.1. The standard InChI is InChI=1S/C39H28ClN3O5S/c1-23(37(46)42-32-13-7-12-31-34(32)36(45)30-11-6-5-10-29(30)35(31)44)49-28-20-18-27(19-21-28)41-39(48)33(22-24-14-16-26(40)17-15-24)43-38(47)25-8-3-2-4-9-25/h2-23H,1H3,(H,41,48)(H,42,46)(H,43,47)/b33-22-. The van der Waals surface area contributed by atoms with Crippen LogP contribution in [0, 0.1) is 0 Å². The highest BCUT2D eigenvalue weighted by molar-refractivity contribution is 8.00. The van der Waals surface area contributed by atoms with E-state index in [1.807, 2.05) is 0 Å².